The summed E-state index contributed by atoms with van der Waals surface area (Å²) in [6.07, 6.45) is 2.61. The summed E-state index contributed by atoms with van der Waals surface area (Å²) in [5.41, 5.74) is 3.15. The lowest BCUT2D eigenvalue weighted by Crippen LogP contribution is -2.23. The van der Waals surface area contributed by atoms with Gasteiger partial charge < -0.3 is 19.7 Å². The number of ether oxygens (including phenoxy) is 2. The van der Waals surface area contributed by atoms with Gasteiger partial charge in [-0.3, -0.25) is 4.79 Å². The van der Waals surface area contributed by atoms with Crippen LogP contribution in [0.1, 0.15) is 29.8 Å². The molecule has 7 heteroatoms. The molecular weight excluding hydrogens is 332 g/mol. The van der Waals surface area contributed by atoms with Crippen LogP contribution in [-0.2, 0) is 11.2 Å². The van der Waals surface area contributed by atoms with Crippen molar-refractivity contribution in [1.29, 1.82) is 0 Å². The summed E-state index contributed by atoms with van der Waals surface area (Å²) in [4.78, 5) is 23.8. The predicted octanol–water partition coefficient (Wildman–Crippen LogP) is 2.60. The monoisotopic (exact) mass is 354 g/mol. The summed E-state index contributed by atoms with van der Waals surface area (Å²) in [5.74, 6) is 2.05. The van der Waals surface area contributed by atoms with Gasteiger partial charge in [-0.1, -0.05) is 6.07 Å². The zero-order chi connectivity index (χ0) is 18.1. The first-order chi connectivity index (χ1) is 12.6. The van der Waals surface area contributed by atoms with Gasteiger partial charge in [0.25, 0.3) is 0 Å². The molecule has 1 amide bonds. The molecule has 0 aliphatic carbocycles. The van der Waals surface area contributed by atoms with Crippen LogP contribution < -0.4 is 19.7 Å². The summed E-state index contributed by atoms with van der Waals surface area (Å²) in [6, 6.07) is 5.55. The van der Waals surface area contributed by atoms with Crippen molar-refractivity contribution in [2.75, 3.05) is 30.1 Å². The van der Waals surface area contributed by atoms with Gasteiger partial charge in [-0.2, -0.15) is 0 Å². The van der Waals surface area contributed by atoms with Crippen LogP contribution >= 0.6 is 0 Å². The minimum atomic E-state index is -0.104. The molecule has 0 unspecified atom stereocenters. The number of fused-ring (bicyclic) bond motifs is 1. The molecule has 1 saturated heterocycles. The van der Waals surface area contributed by atoms with Gasteiger partial charge in [-0.25, -0.2) is 9.97 Å². The summed E-state index contributed by atoms with van der Waals surface area (Å²) in [5, 5.41) is 2.96. The fourth-order valence-electron chi connectivity index (χ4n) is 3.36. The van der Waals surface area contributed by atoms with Crippen LogP contribution in [0.15, 0.2) is 18.2 Å². The largest absolute Gasteiger partial charge is 0.454 e. The van der Waals surface area contributed by atoms with E-state index in [0.717, 1.165) is 36.0 Å². The minimum Gasteiger partial charge on any atom is -0.454 e. The van der Waals surface area contributed by atoms with Crippen molar-refractivity contribution in [2.24, 2.45) is 0 Å². The van der Waals surface area contributed by atoms with E-state index in [2.05, 4.69) is 20.2 Å². The van der Waals surface area contributed by atoms with Crippen LogP contribution in [0.3, 0.4) is 0 Å². The molecular formula is C19H22N4O3. The molecule has 1 N–H and O–H groups in total. The average Bonchev–Trinajstić information content (AvgIpc) is 3.29. The second kappa shape index (κ2) is 6.82. The number of amides is 1. The quantitative estimate of drug-likeness (QED) is 0.909. The van der Waals surface area contributed by atoms with Gasteiger partial charge in [-0.05, 0) is 44.4 Å². The summed E-state index contributed by atoms with van der Waals surface area (Å²) < 4.78 is 10.7. The Bertz CT molecular complexity index is 824. The number of hydrogen-bond donors (Lipinski definition) is 1. The number of rotatable bonds is 4. The highest BCUT2D eigenvalue weighted by Crippen LogP contribution is 2.32. The van der Waals surface area contributed by atoms with E-state index in [9.17, 15) is 4.79 Å². The number of carbonyl (C=O) groups excluding carboxylic acids is 1. The van der Waals surface area contributed by atoms with Crippen molar-refractivity contribution in [3.63, 3.8) is 0 Å². The molecule has 7 nitrogen and oxygen atoms in total. The SMILES string of the molecule is Cc1nc(N2CCCC2)nc(C)c1NC(=O)Cc1ccc2c(c1)OCO2. The van der Waals surface area contributed by atoms with Gasteiger partial charge in [0.15, 0.2) is 11.5 Å². The molecule has 4 rings (SSSR count). The Morgan fingerprint density at radius 3 is 2.54 bits per heavy atom. The number of benzene rings is 1. The fourth-order valence-corrected chi connectivity index (χ4v) is 3.36. The van der Waals surface area contributed by atoms with Crippen LogP contribution in [-0.4, -0.2) is 35.8 Å². The topological polar surface area (TPSA) is 76.6 Å². The summed E-state index contributed by atoms with van der Waals surface area (Å²) in [6.45, 7) is 6.03. The van der Waals surface area contributed by atoms with Gasteiger partial charge in [0.2, 0.25) is 18.6 Å². The zero-order valence-corrected chi connectivity index (χ0v) is 15.0. The first-order valence-electron chi connectivity index (χ1n) is 8.89. The molecule has 0 atom stereocenters. The molecule has 3 heterocycles. The lowest BCUT2D eigenvalue weighted by molar-refractivity contribution is -0.115. The normalized spacial score (nSPS) is 15.4. The van der Waals surface area contributed by atoms with Crippen LogP contribution in [0, 0.1) is 13.8 Å². The van der Waals surface area contributed by atoms with Gasteiger partial charge >= 0.3 is 0 Å². The molecule has 2 aliphatic rings. The Hall–Kier alpha value is -2.83. The molecule has 0 bridgehead atoms. The third kappa shape index (κ3) is 3.29. The van der Waals surface area contributed by atoms with Crippen molar-refractivity contribution >= 4 is 17.5 Å². The third-order valence-corrected chi connectivity index (χ3v) is 4.71. The molecule has 0 radical (unpaired) electrons. The molecule has 0 spiro atoms. The molecule has 2 aromatic rings. The van der Waals surface area contributed by atoms with Crippen molar-refractivity contribution in [3.05, 3.63) is 35.2 Å². The maximum absolute atomic E-state index is 12.5. The zero-order valence-electron chi connectivity index (χ0n) is 15.0. The van der Waals surface area contributed by atoms with Crippen molar-refractivity contribution in [1.82, 2.24) is 9.97 Å². The van der Waals surface area contributed by atoms with Crippen molar-refractivity contribution in [3.8, 4) is 11.5 Å². The van der Waals surface area contributed by atoms with E-state index in [1.165, 1.54) is 12.8 Å². The Balaban J connectivity index is 1.47. The highest BCUT2D eigenvalue weighted by molar-refractivity contribution is 5.93. The lowest BCUT2D eigenvalue weighted by Gasteiger charge is -2.18. The van der Waals surface area contributed by atoms with Crippen molar-refractivity contribution in [2.45, 2.75) is 33.1 Å². The molecule has 1 aromatic heterocycles. The standard InChI is InChI=1S/C19H22N4O3/c1-12-18(13(2)21-19(20-12)23-7-3-4-8-23)22-17(24)10-14-5-6-15-16(9-14)26-11-25-15/h5-6,9H,3-4,7-8,10-11H2,1-2H3,(H,22,24). The first kappa shape index (κ1) is 16.6. The van der Waals surface area contributed by atoms with Gasteiger partial charge in [0.05, 0.1) is 23.5 Å². The number of nitrogens with one attached hydrogen (secondary N) is 1. The van der Waals surface area contributed by atoms with E-state index >= 15 is 0 Å². The Morgan fingerprint density at radius 1 is 1.12 bits per heavy atom. The van der Waals surface area contributed by atoms with Crippen LogP contribution in [0.5, 0.6) is 11.5 Å². The maximum Gasteiger partial charge on any atom is 0.231 e. The number of carbonyl (C=O) groups is 1. The highest BCUT2D eigenvalue weighted by atomic mass is 16.7. The number of anilines is 2. The number of aromatic nitrogens is 2. The summed E-state index contributed by atoms with van der Waals surface area (Å²) >= 11 is 0. The molecule has 26 heavy (non-hydrogen) atoms. The molecule has 0 saturated carbocycles. The second-order valence-electron chi connectivity index (χ2n) is 6.68. The van der Waals surface area contributed by atoms with Crippen LogP contribution in [0.2, 0.25) is 0 Å². The number of hydrogen-bond acceptors (Lipinski definition) is 6. The number of aryl methyl sites for hydroxylation is 2. The molecule has 1 aromatic carbocycles. The van der Waals surface area contributed by atoms with E-state index < -0.39 is 0 Å². The van der Waals surface area contributed by atoms with E-state index in [4.69, 9.17) is 9.47 Å². The summed E-state index contributed by atoms with van der Waals surface area (Å²) in [7, 11) is 0. The maximum atomic E-state index is 12.5. The van der Waals surface area contributed by atoms with Gasteiger partial charge in [-0.15, -0.1) is 0 Å². The van der Waals surface area contributed by atoms with E-state index in [0.29, 0.717) is 17.2 Å². The number of nitrogens with zero attached hydrogens (tertiary/aromatic N) is 3. The van der Waals surface area contributed by atoms with Crippen LogP contribution in [0.25, 0.3) is 0 Å². The lowest BCUT2D eigenvalue weighted by atomic mass is 10.1. The Labute approximate surface area is 152 Å². The molecule has 1 fully saturated rings. The molecule has 2 aliphatic heterocycles. The smallest absolute Gasteiger partial charge is 0.231 e. The third-order valence-electron chi connectivity index (χ3n) is 4.71. The van der Waals surface area contributed by atoms with Crippen LogP contribution in [0.4, 0.5) is 11.6 Å². The van der Waals surface area contributed by atoms with E-state index in [1.54, 1.807) is 0 Å². The molecule has 136 valence electrons. The average molecular weight is 354 g/mol. The predicted molar refractivity (Wildman–Crippen MR) is 97.9 cm³/mol. The fraction of sp³-hybridized carbons (Fsp3) is 0.421. The minimum absolute atomic E-state index is 0.104. The first-order valence-corrected chi connectivity index (χ1v) is 8.89. The van der Waals surface area contributed by atoms with Gasteiger partial charge in [0, 0.05) is 13.1 Å². The van der Waals surface area contributed by atoms with Crippen molar-refractivity contribution < 1.29 is 14.3 Å². The van der Waals surface area contributed by atoms with E-state index in [1.807, 2.05) is 32.0 Å². The van der Waals surface area contributed by atoms with E-state index in [-0.39, 0.29) is 19.1 Å². The Kier molecular flexibility index (Phi) is 4.36. The Morgan fingerprint density at radius 2 is 1.81 bits per heavy atom. The second-order valence-corrected chi connectivity index (χ2v) is 6.68. The highest BCUT2D eigenvalue weighted by Gasteiger charge is 2.19. The van der Waals surface area contributed by atoms with Gasteiger partial charge in [0.1, 0.15) is 0 Å².